The Bertz CT molecular complexity index is 931. The number of rotatable bonds is 4. The zero-order valence-corrected chi connectivity index (χ0v) is 17.1. The van der Waals surface area contributed by atoms with Crippen molar-refractivity contribution in [1.82, 2.24) is 19.8 Å². The van der Waals surface area contributed by atoms with Gasteiger partial charge in [-0.05, 0) is 25.1 Å². The van der Waals surface area contributed by atoms with Gasteiger partial charge in [0.25, 0.3) is 17.9 Å². The Hall–Kier alpha value is -2.78. The number of H-pyrrole nitrogens is 1. The van der Waals surface area contributed by atoms with Gasteiger partial charge in [0.2, 0.25) is 0 Å². The minimum Gasteiger partial charge on any atom is -0.483 e. The van der Waals surface area contributed by atoms with E-state index in [1.807, 2.05) is 11.0 Å². The molecule has 2 aromatic rings. The predicted molar refractivity (Wildman–Crippen MR) is 112 cm³/mol. The standard InChI is InChI=1S/C20H26N4O3.CH2O2/c1-2-3-8-23-9-14-10-24(11-15(23)13-27-12-14)20(26)18-21-17-7-5-4-6-16(17)19(25)22-18;2-1-3/h4-7,14-15H,2-3,8-13H2,1H3,(H,21,22,25);1H,(H,2,3)/t14-,15+;/m1./s1. The van der Waals surface area contributed by atoms with E-state index < -0.39 is 0 Å². The summed E-state index contributed by atoms with van der Waals surface area (Å²) >= 11 is 0. The molecule has 1 amide bonds. The normalized spacial score (nSPS) is 21.4. The van der Waals surface area contributed by atoms with Gasteiger partial charge in [-0.15, -0.1) is 0 Å². The third-order valence-electron chi connectivity index (χ3n) is 5.48. The number of carbonyl (C=O) groups is 2. The van der Waals surface area contributed by atoms with Crippen LogP contribution < -0.4 is 5.56 Å². The van der Waals surface area contributed by atoms with Gasteiger partial charge in [-0.25, -0.2) is 4.98 Å². The van der Waals surface area contributed by atoms with Crippen molar-refractivity contribution in [3.63, 3.8) is 0 Å². The molecule has 2 aliphatic heterocycles. The fourth-order valence-electron chi connectivity index (χ4n) is 4.07. The van der Waals surface area contributed by atoms with Gasteiger partial charge < -0.3 is 19.7 Å². The largest absolute Gasteiger partial charge is 0.483 e. The maximum atomic E-state index is 13.1. The number of ether oxygens (including phenoxy) is 1. The van der Waals surface area contributed by atoms with E-state index in [1.165, 1.54) is 0 Å². The molecular formula is C21H28N4O5. The van der Waals surface area contributed by atoms with Gasteiger partial charge in [0.15, 0.2) is 5.82 Å². The Kier molecular flexibility index (Phi) is 7.53. The number of benzene rings is 1. The van der Waals surface area contributed by atoms with E-state index in [1.54, 1.807) is 18.2 Å². The average molecular weight is 416 g/mol. The smallest absolute Gasteiger partial charge is 0.290 e. The molecule has 9 nitrogen and oxygen atoms in total. The van der Waals surface area contributed by atoms with E-state index in [0.717, 1.165) is 25.9 Å². The lowest BCUT2D eigenvalue weighted by Crippen LogP contribution is -2.46. The third kappa shape index (κ3) is 5.03. The average Bonchev–Trinajstić information content (AvgIpc) is 3.02. The van der Waals surface area contributed by atoms with Crippen LogP contribution in [0.25, 0.3) is 10.9 Å². The van der Waals surface area contributed by atoms with Gasteiger partial charge >= 0.3 is 0 Å². The summed E-state index contributed by atoms with van der Waals surface area (Å²) in [4.78, 5) is 45.2. The molecule has 2 N–H and O–H groups in total. The molecule has 2 fully saturated rings. The highest BCUT2D eigenvalue weighted by molar-refractivity contribution is 5.92. The first-order valence-corrected chi connectivity index (χ1v) is 10.2. The molecule has 1 aromatic heterocycles. The fraction of sp³-hybridized carbons (Fsp3) is 0.524. The van der Waals surface area contributed by atoms with E-state index in [9.17, 15) is 9.59 Å². The molecule has 2 bridgehead atoms. The molecule has 1 aromatic carbocycles. The van der Waals surface area contributed by atoms with E-state index in [2.05, 4.69) is 21.8 Å². The molecule has 0 spiro atoms. The van der Waals surface area contributed by atoms with Crippen LogP contribution in [-0.4, -0.2) is 82.7 Å². The Labute approximate surface area is 174 Å². The summed E-state index contributed by atoms with van der Waals surface area (Å²) in [7, 11) is 0. The predicted octanol–water partition coefficient (Wildman–Crippen LogP) is 1.20. The van der Waals surface area contributed by atoms with Crippen LogP contribution >= 0.6 is 0 Å². The Morgan fingerprint density at radius 1 is 1.30 bits per heavy atom. The van der Waals surface area contributed by atoms with Gasteiger partial charge in [-0.2, -0.15) is 0 Å². The molecule has 3 heterocycles. The number of unbranched alkanes of at least 4 members (excludes halogenated alkanes) is 1. The summed E-state index contributed by atoms with van der Waals surface area (Å²) in [5.74, 6) is 0.206. The first-order valence-electron chi connectivity index (χ1n) is 10.2. The molecule has 2 atom stereocenters. The summed E-state index contributed by atoms with van der Waals surface area (Å²) < 4.78 is 5.83. The zero-order chi connectivity index (χ0) is 21.5. The number of nitrogens with one attached hydrogen (secondary N) is 1. The lowest BCUT2D eigenvalue weighted by Gasteiger charge is -2.31. The van der Waals surface area contributed by atoms with Crippen molar-refractivity contribution >= 4 is 23.3 Å². The number of amides is 1. The number of aromatic amines is 1. The van der Waals surface area contributed by atoms with Crippen molar-refractivity contribution in [2.75, 3.05) is 39.4 Å². The van der Waals surface area contributed by atoms with Crippen LogP contribution in [0, 0.1) is 5.92 Å². The Balaban J connectivity index is 0.000000806. The van der Waals surface area contributed by atoms with Crippen LogP contribution in [0.2, 0.25) is 0 Å². The van der Waals surface area contributed by atoms with Crippen LogP contribution in [-0.2, 0) is 9.53 Å². The minimum atomic E-state index is -0.271. The van der Waals surface area contributed by atoms with Crippen molar-refractivity contribution in [3.8, 4) is 0 Å². The lowest BCUT2D eigenvalue weighted by atomic mass is 10.1. The minimum absolute atomic E-state index is 0.125. The lowest BCUT2D eigenvalue weighted by molar-refractivity contribution is -0.122. The summed E-state index contributed by atoms with van der Waals surface area (Å²) in [6, 6.07) is 7.29. The molecule has 30 heavy (non-hydrogen) atoms. The number of fused-ring (bicyclic) bond motifs is 4. The Morgan fingerprint density at radius 3 is 2.83 bits per heavy atom. The number of hydrogen-bond acceptors (Lipinski definition) is 6. The molecule has 162 valence electrons. The molecule has 9 heteroatoms. The second-order valence-electron chi connectivity index (χ2n) is 7.65. The summed E-state index contributed by atoms with van der Waals surface area (Å²) in [5, 5.41) is 7.39. The van der Waals surface area contributed by atoms with Crippen molar-refractivity contribution in [2.24, 2.45) is 5.92 Å². The fourth-order valence-corrected chi connectivity index (χ4v) is 4.07. The van der Waals surface area contributed by atoms with Crippen LogP contribution in [0.5, 0.6) is 0 Å². The van der Waals surface area contributed by atoms with Crippen LogP contribution in [0.1, 0.15) is 30.4 Å². The molecule has 4 rings (SSSR count). The van der Waals surface area contributed by atoms with E-state index in [0.29, 0.717) is 37.2 Å². The van der Waals surface area contributed by atoms with Crippen LogP contribution in [0.4, 0.5) is 0 Å². The molecule has 2 aliphatic rings. The van der Waals surface area contributed by atoms with Crippen molar-refractivity contribution < 1.29 is 19.4 Å². The number of aromatic nitrogens is 2. The monoisotopic (exact) mass is 416 g/mol. The summed E-state index contributed by atoms with van der Waals surface area (Å²) in [6.45, 7) is 6.49. The van der Waals surface area contributed by atoms with Crippen molar-refractivity contribution in [3.05, 3.63) is 40.4 Å². The first kappa shape index (κ1) is 21.9. The number of carbonyl (C=O) groups excluding carboxylic acids is 1. The van der Waals surface area contributed by atoms with E-state index in [4.69, 9.17) is 14.6 Å². The van der Waals surface area contributed by atoms with Gasteiger partial charge in [-0.3, -0.25) is 19.3 Å². The maximum Gasteiger partial charge on any atom is 0.290 e. The van der Waals surface area contributed by atoms with E-state index in [-0.39, 0.29) is 35.7 Å². The van der Waals surface area contributed by atoms with Gasteiger partial charge in [0.05, 0.1) is 30.2 Å². The van der Waals surface area contributed by atoms with Gasteiger partial charge in [-0.1, -0.05) is 25.5 Å². The SMILES string of the molecule is CCCCN1C[C@H]2COC[C@@H]1CN(C(=O)c1nc3ccccc3c(=O)[nH]1)C2.O=CO. The highest BCUT2D eigenvalue weighted by Crippen LogP contribution is 2.21. The molecule has 2 saturated heterocycles. The second kappa shape index (κ2) is 10.3. The number of hydrogen-bond donors (Lipinski definition) is 2. The quantitative estimate of drug-likeness (QED) is 0.720. The Morgan fingerprint density at radius 2 is 2.07 bits per heavy atom. The molecule has 0 unspecified atom stereocenters. The summed E-state index contributed by atoms with van der Waals surface area (Å²) in [5.41, 5.74) is 0.277. The van der Waals surface area contributed by atoms with Crippen molar-refractivity contribution in [1.29, 1.82) is 0 Å². The first-order chi connectivity index (χ1) is 14.6. The van der Waals surface area contributed by atoms with Gasteiger partial charge in [0.1, 0.15) is 0 Å². The summed E-state index contributed by atoms with van der Waals surface area (Å²) in [6.07, 6.45) is 2.30. The second-order valence-corrected chi connectivity index (χ2v) is 7.65. The molecule has 0 saturated carbocycles. The number of para-hydroxylation sites is 1. The number of carboxylic acid groups (broad SMARTS) is 1. The highest BCUT2D eigenvalue weighted by atomic mass is 16.5. The van der Waals surface area contributed by atoms with E-state index >= 15 is 0 Å². The zero-order valence-electron chi connectivity index (χ0n) is 17.1. The van der Waals surface area contributed by atoms with Crippen LogP contribution in [0.15, 0.2) is 29.1 Å². The molecule has 0 aliphatic carbocycles. The maximum absolute atomic E-state index is 13.1. The molecule has 0 radical (unpaired) electrons. The van der Waals surface area contributed by atoms with Gasteiger partial charge in [0, 0.05) is 25.6 Å². The molecular weight excluding hydrogens is 388 g/mol. The highest BCUT2D eigenvalue weighted by Gasteiger charge is 2.35. The third-order valence-corrected chi connectivity index (χ3v) is 5.48. The topological polar surface area (TPSA) is 116 Å². The van der Waals surface area contributed by atoms with Crippen LogP contribution in [0.3, 0.4) is 0 Å². The number of nitrogens with zero attached hydrogens (tertiary/aromatic N) is 3. The van der Waals surface area contributed by atoms with Crippen molar-refractivity contribution in [2.45, 2.75) is 25.8 Å².